The number of para-hydroxylation sites is 1. The highest BCUT2D eigenvalue weighted by Gasteiger charge is 2.35. The zero-order valence-corrected chi connectivity index (χ0v) is 31.0. The van der Waals surface area contributed by atoms with E-state index in [0.29, 0.717) is 0 Å². The van der Waals surface area contributed by atoms with E-state index in [0.717, 1.165) is 77.3 Å². The Morgan fingerprint density at radius 1 is 0.429 bits per heavy atom. The van der Waals surface area contributed by atoms with E-state index in [9.17, 15) is 0 Å². The fourth-order valence-corrected chi connectivity index (χ4v) is 9.59. The molecule has 11 aromatic rings. The van der Waals surface area contributed by atoms with Gasteiger partial charge in [0.05, 0.1) is 22.9 Å². The molecule has 56 heavy (non-hydrogen) atoms. The van der Waals surface area contributed by atoms with Crippen molar-refractivity contribution < 1.29 is 4.42 Å². The predicted molar refractivity (Wildman–Crippen MR) is 233 cm³/mol. The first-order valence-electron chi connectivity index (χ1n) is 19.3. The molecule has 0 fully saturated rings. The van der Waals surface area contributed by atoms with Crippen molar-refractivity contribution in [3.63, 3.8) is 0 Å². The third-order valence-corrected chi connectivity index (χ3v) is 12.3. The minimum atomic E-state index is -0.0536. The summed E-state index contributed by atoms with van der Waals surface area (Å²) in [5.41, 5.74) is 15.2. The number of fused-ring (bicyclic) bond motifs is 13. The van der Waals surface area contributed by atoms with Crippen LogP contribution in [0.25, 0.3) is 110 Å². The maximum absolute atomic E-state index is 7.13. The molecule has 0 spiro atoms. The van der Waals surface area contributed by atoms with Gasteiger partial charge in [-0.15, -0.1) is 0 Å². The second kappa shape index (κ2) is 11.5. The van der Waals surface area contributed by atoms with E-state index >= 15 is 0 Å². The topological polar surface area (TPSA) is 38.9 Å². The average Bonchev–Trinajstić information content (AvgIpc) is 3.74. The van der Waals surface area contributed by atoms with Crippen molar-refractivity contribution in [2.75, 3.05) is 0 Å². The monoisotopic (exact) mass is 714 g/mol. The summed E-state index contributed by atoms with van der Waals surface area (Å²) in [6, 6.07) is 59.0. The second-order valence-corrected chi connectivity index (χ2v) is 15.7. The van der Waals surface area contributed by atoms with Crippen LogP contribution in [0.1, 0.15) is 25.0 Å². The van der Waals surface area contributed by atoms with Crippen molar-refractivity contribution in [3.05, 3.63) is 181 Å². The van der Waals surface area contributed by atoms with Gasteiger partial charge in [-0.05, 0) is 73.1 Å². The van der Waals surface area contributed by atoms with Crippen molar-refractivity contribution >= 4 is 65.3 Å². The van der Waals surface area contributed by atoms with Crippen LogP contribution in [0, 0.1) is 0 Å². The average molecular weight is 715 g/mol. The first-order chi connectivity index (χ1) is 27.5. The summed E-state index contributed by atoms with van der Waals surface area (Å²) in [5.74, 6) is 0. The van der Waals surface area contributed by atoms with Gasteiger partial charge in [0.15, 0.2) is 0 Å². The fourth-order valence-electron chi connectivity index (χ4n) is 9.59. The lowest BCUT2D eigenvalue weighted by molar-refractivity contribution is 0.660. The van der Waals surface area contributed by atoms with Gasteiger partial charge in [0, 0.05) is 43.7 Å². The van der Waals surface area contributed by atoms with Crippen molar-refractivity contribution in [3.8, 4) is 44.6 Å². The highest BCUT2D eigenvalue weighted by atomic mass is 16.3. The fraction of sp³-hybridized carbons (Fsp3) is 0.0566. The van der Waals surface area contributed by atoms with E-state index in [1.807, 2.05) is 6.20 Å². The summed E-state index contributed by atoms with van der Waals surface area (Å²) in [7, 11) is 0. The summed E-state index contributed by atoms with van der Waals surface area (Å²) in [5, 5.41) is 9.21. The summed E-state index contributed by atoms with van der Waals surface area (Å²) < 4.78 is 7.13. The van der Waals surface area contributed by atoms with E-state index in [4.69, 9.17) is 14.4 Å². The summed E-state index contributed by atoms with van der Waals surface area (Å²) in [6.07, 6.45) is 1.92. The Hall–Kier alpha value is -7.10. The molecule has 0 saturated carbocycles. The zero-order valence-electron chi connectivity index (χ0n) is 31.0. The first kappa shape index (κ1) is 31.3. The van der Waals surface area contributed by atoms with Gasteiger partial charge in [-0.3, -0.25) is 4.98 Å². The first-order valence-corrected chi connectivity index (χ1v) is 19.3. The van der Waals surface area contributed by atoms with Crippen LogP contribution in [0.4, 0.5) is 0 Å². The third kappa shape index (κ3) is 4.34. The van der Waals surface area contributed by atoms with Crippen LogP contribution in [0.15, 0.2) is 174 Å². The number of rotatable bonds is 3. The molecule has 0 radical (unpaired) electrons. The summed E-state index contributed by atoms with van der Waals surface area (Å²) >= 11 is 0. The summed E-state index contributed by atoms with van der Waals surface area (Å²) in [4.78, 5) is 10.3. The molecule has 0 atom stereocenters. The van der Waals surface area contributed by atoms with E-state index in [2.05, 4.69) is 178 Å². The Morgan fingerprint density at radius 2 is 1.07 bits per heavy atom. The minimum absolute atomic E-state index is 0.0536. The van der Waals surface area contributed by atoms with Crippen LogP contribution in [0.2, 0.25) is 0 Å². The molecule has 0 amide bonds. The van der Waals surface area contributed by atoms with Crippen molar-refractivity contribution in [1.82, 2.24) is 9.97 Å². The molecule has 0 N–H and O–H groups in total. The Bertz CT molecular complexity index is 3430. The quantitative estimate of drug-likeness (QED) is 0.171. The number of hydrogen-bond donors (Lipinski definition) is 0. The van der Waals surface area contributed by atoms with Gasteiger partial charge in [-0.1, -0.05) is 159 Å². The number of nitrogens with zero attached hydrogens (tertiary/aromatic N) is 2. The summed E-state index contributed by atoms with van der Waals surface area (Å²) in [6.45, 7) is 4.67. The number of benzene rings is 9. The molecular weight excluding hydrogens is 681 g/mol. The van der Waals surface area contributed by atoms with Gasteiger partial charge < -0.3 is 4.42 Å². The van der Waals surface area contributed by atoms with E-state index in [1.165, 1.54) is 43.8 Å². The normalized spacial score (nSPS) is 13.3. The van der Waals surface area contributed by atoms with Gasteiger partial charge >= 0.3 is 0 Å². The van der Waals surface area contributed by atoms with Crippen LogP contribution in [0.5, 0.6) is 0 Å². The molecule has 0 saturated heterocycles. The van der Waals surface area contributed by atoms with E-state index < -0.39 is 0 Å². The smallest absolute Gasteiger partial charge is 0.143 e. The number of aromatic nitrogens is 2. The number of hydrogen-bond acceptors (Lipinski definition) is 3. The van der Waals surface area contributed by atoms with Crippen LogP contribution in [-0.2, 0) is 5.41 Å². The van der Waals surface area contributed by atoms with Crippen molar-refractivity contribution in [1.29, 1.82) is 0 Å². The molecule has 9 aromatic carbocycles. The zero-order chi connectivity index (χ0) is 37.1. The highest BCUT2D eigenvalue weighted by Crippen LogP contribution is 2.51. The molecule has 3 heteroatoms. The molecule has 1 aliphatic carbocycles. The van der Waals surface area contributed by atoms with Crippen molar-refractivity contribution in [2.45, 2.75) is 19.3 Å². The van der Waals surface area contributed by atoms with Crippen LogP contribution < -0.4 is 0 Å². The molecule has 1 aliphatic rings. The van der Waals surface area contributed by atoms with Gasteiger partial charge in [-0.25, -0.2) is 4.98 Å². The van der Waals surface area contributed by atoms with Crippen LogP contribution >= 0.6 is 0 Å². The Kier molecular flexibility index (Phi) is 6.40. The molecular formula is C53H34N2O. The van der Waals surface area contributed by atoms with Crippen LogP contribution in [0.3, 0.4) is 0 Å². The van der Waals surface area contributed by atoms with Crippen LogP contribution in [-0.4, -0.2) is 9.97 Å². The maximum atomic E-state index is 7.13. The molecule has 3 nitrogen and oxygen atoms in total. The van der Waals surface area contributed by atoms with Gasteiger partial charge in [-0.2, -0.15) is 0 Å². The van der Waals surface area contributed by atoms with Gasteiger partial charge in [0.1, 0.15) is 11.2 Å². The highest BCUT2D eigenvalue weighted by molar-refractivity contribution is 6.23. The third-order valence-electron chi connectivity index (χ3n) is 12.3. The number of furan rings is 1. The molecule has 0 aliphatic heterocycles. The molecule has 262 valence electrons. The van der Waals surface area contributed by atoms with Gasteiger partial charge in [0.25, 0.3) is 0 Å². The molecule has 0 bridgehead atoms. The molecule has 0 unspecified atom stereocenters. The second-order valence-electron chi connectivity index (χ2n) is 15.7. The lowest BCUT2D eigenvalue weighted by atomic mass is 9.82. The van der Waals surface area contributed by atoms with E-state index in [-0.39, 0.29) is 5.41 Å². The lowest BCUT2D eigenvalue weighted by Gasteiger charge is -2.21. The molecule has 2 aromatic heterocycles. The molecule has 12 rings (SSSR count). The van der Waals surface area contributed by atoms with E-state index in [1.54, 1.807) is 0 Å². The Morgan fingerprint density at radius 3 is 1.91 bits per heavy atom. The maximum Gasteiger partial charge on any atom is 0.143 e. The SMILES string of the molecule is CC1(C)c2ccccc2-c2cc(-c3c4ccccc4cc4c3oc3c(-c5cccc(-c6cnc7c8ccccc8c8ccccc8c7n6)c5)cccc34)ccc21. The molecule has 2 heterocycles. The van der Waals surface area contributed by atoms with Crippen molar-refractivity contribution in [2.24, 2.45) is 0 Å². The standard InChI is InChI=1S/C53H34N2O/c1-53(2)45-24-10-9-19-39(45)43-29-34(25-26-46(43)53)48-35-16-4-3-13-32(35)28-44-42-23-12-22-36(51(42)56-52(44)48)31-14-11-15-33(27-31)47-30-54-49-40-20-7-5-17-37(40)38-18-6-8-21-41(38)50(49)55-47/h3-30H,1-2H3. The minimum Gasteiger partial charge on any atom is -0.455 e. The van der Waals surface area contributed by atoms with Gasteiger partial charge in [0.2, 0.25) is 0 Å². The largest absolute Gasteiger partial charge is 0.455 e. The predicted octanol–water partition coefficient (Wildman–Crippen LogP) is 14.3. The lowest BCUT2D eigenvalue weighted by Crippen LogP contribution is -2.14. The Labute approximate surface area is 323 Å². The Balaban J connectivity index is 1.05.